The normalized spacial score (nSPS) is 17.8. The van der Waals surface area contributed by atoms with Gasteiger partial charge >= 0.3 is 12.1 Å². The number of rotatable bonds is 6. The fourth-order valence-corrected chi connectivity index (χ4v) is 4.16. The molecule has 1 fully saturated rings. The van der Waals surface area contributed by atoms with Crippen LogP contribution < -0.4 is 9.47 Å². The second-order valence-corrected chi connectivity index (χ2v) is 9.60. The number of ether oxygens (including phenoxy) is 4. The second-order valence-electron chi connectivity index (χ2n) is 9.60. The van der Waals surface area contributed by atoms with Crippen LogP contribution in [0, 0.1) is 0 Å². The number of carbonyl (C=O) groups excluding carboxylic acids is 2. The third-order valence-corrected chi connectivity index (χ3v) is 5.82. The van der Waals surface area contributed by atoms with Gasteiger partial charge in [0.1, 0.15) is 23.7 Å². The molecule has 0 N–H and O–H groups in total. The summed E-state index contributed by atoms with van der Waals surface area (Å²) in [5.74, 6) is 0.776. The Kier molecular flexibility index (Phi) is 6.87. The van der Waals surface area contributed by atoms with E-state index in [1.807, 2.05) is 63.2 Å². The molecule has 0 saturated carbocycles. The number of benzene rings is 3. The first-order chi connectivity index (χ1) is 16.7. The Morgan fingerprint density at radius 2 is 1.63 bits per heavy atom. The number of carbonyl (C=O) groups is 2. The van der Waals surface area contributed by atoms with Gasteiger partial charge in [-0.25, -0.2) is 9.59 Å². The van der Waals surface area contributed by atoms with E-state index in [2.05, 4.69) is 0 Å². The number of amides is 1. The van der Waals surface area contributed by atoms with Crippen molar-refractivity contribution in [3.05, 3.63) is 72.3 Å². The van der Waals surface area contributed by atoms with Crippen LogP contribution in [0.2, 0.25) is 0 Å². The van der Waals surface area contributed by atoms with E-state index in [0.29, 0.717) is 30.0 Å². The summed E-state index contributed by atoms with van der Waals surface area (Å²) in [6.07, 6.45) is 0.886. The average molecular weight is 478 g/mol. The van der Waals surface area contributed by atoms with E-state index in [0.717, 1.165) is 17.2 Å². The zero-order valence-corrected chi connectivity index (χ0v) is 20.6. The Bertz CT molecular complexity index is 1200. The molecule has 4 rings (SSSR count). The largest absolute Gasteiger partial charge is 0.487 e. The van der Waals surface area contributed by atoms with Crippen LogP contribution in [0.25, 0.3) is 10.8 Å². The van der Waals surface area contributed by atoms with Crippen LogP contribution >= 0.6 is 0 Å². The fourth-order valence-electron chi connectivity index (χ4n) is 4.16. The Hall–Kier alpha value is -3.74. The molecule has 1 amide bonds. The van der Waals surface area contributed by atoms with Gasteiger partial charge in [0.2, 0.25) is 5.72 Å². The molecule has 1 saturated heterocycles. The van der Waals surface area contributed by atoms with E-state index in [1.54, 1.807) is 29.2 Å². The summed E-state index contributed by atoms with van der Waals surface area (Å²) in [6.45, 7) is 6.11. The minimum atomic E-state index is -1.05. The van der Waals surface area contributed by atoms with Crippen molar-refractivity contribution in [2.45, 2.75) is 44.9 Å². The second kappa shape index (κ2) is 9.86. The molecule has 0 spiro atoms. The number of hydrogen-bond acceptors (Lipinski definition) is 6. The van der Waals surface area contributed by atoms with Crippen LogP contribution in [0.15, 0.2) is 66.7 Å². The summed E-state index contributed by atoms with van der Waals surface area (Å²) in [6, 6.07) is 20.6. The Balaban J connectivity index is 1.61. The molecule has 0 bridgehead atoms. The highest BCUT2D eigenvalue weighted by atomic mass is 16.6. The zero-order chi connectivity index (χ0) is 25.1. The standard InChI is InChI=1S/C28H31NO6/c1-27(2,3)35-26(31)29-17-7-16-28(29,19-33-23-13-11-21(12-14-23)25(30)32-4)34-24-15-10-20-8-5-6-9-22(20)18-24/h5-6,8-15,18H,7,16-17,19H2,1-4H3/t28-/m0/s1. The van der Waals surface area contributed by atoms with Crippen LogP contribution in [-0.4, -0.2) is 48.5 Å². The predicted octanol–water partition coefficient (Wildman–Crippen LogP) is 5.81. The van der Waals surface area contributed by atoms with E-state index in [9.17, 15) is 9.59 Å². The van der Waals surface area contributed by atoms with E-state index in [-0.39, 0.29) is 6.61 Å². The average Bonchev–Trinajstić information content (AvgIpc) is 3.25. The Labute approximate surface area is 205 Å². The van der Waals surface area contributed by atoms with Gasteiger partial charge in [-0.2, -0.15) is 0 Å². The molecule has 7 nitrogen and oxygen atoms in total. The Morgan fingerprint density at radius 3 is 2.31 bits per heavy atom. The quantitative estimate of drug-likeness (QED) is 0.417. The molecule has 0 aromatic heterocycles. The van der Waals surface area contributed by atoms with Crippen molar-refractivity contribution in [1.29, 1.82) is 0 Å². The van der Waals surface area contributed by atoms with Crippen molar-refractivity contribution in [2.75, 3.05) is 20.3 Å². The highest BCUT2D eigenvalue weighted by Crippen LogP contribution is 2.35. The van der Waals surface area contributed by atoms with Crippen molar-refractivity contribution in [3.63, 3.8) is 0 Å². The Morgan fingerprint density at radius 1 is 0.943 bits per heavy atom. The lowest BCUT2D eigenvalue weighted by Crippen LogP contribution is -2.56. The number of likely N-dealkylation sites (tertiary alicyclic amines) is 1. The molecule has 1 heterocycles. The van der Waals surface area contributed by atoms with Gasteiger partial charge in [0.25, 0.3) is 0 Å². The summed E-state index contributed by atoms with van der Waals surface area (Å²) >= 11 is 0. The van der Waals surface area contributed by atoms with Crippen LogP contribution in [-0.2, 0) is 9.47 Å². The third-order valence-electron chi connectivity index (χ3n) is 5.82. The maximum absolute atomic E-state index is 13.2. The monoisotopic (exact) mass is 477 g/mol. The first kappa shape index (κ1) is 24.4. The number of fused-ring (bicyclic) bond motifs is 1. The van der Waals surface area contributed by atoms with Crippen LogP contribution in [0.4, 0.5) is 4.79 Å². The van der Waals surface area contributed by atoms with Crippen molar-refractivity contribution in [3.8, 4) is 11.5 Å². The lowest BCUT2D eigenvalue weighted by atomic mass is 10.1. The van der Waals surface area contributed by atoms with Gasteiger partial charge in [-0.3, -0.25) is 4.90 Å². The molecule has 7 heteroatoms. The number of nitrogens with zero attached hydrogens (tertiary/aromatic N) is 1. The molecule has 35 heavy (non-hydrogen) atoms. The van der Waals surface area contributed by atoms with E-state index in [4.69, 9.17) is 18.9 Å². The maximum atomic E-state index is 13.2. The SMILES string of the molecule is COC(=O)c1ccc(OC[C@@]2(Oc3ccc4ccccc4c3)CCCN2C(=O)OC(C)(C)C)cc1. The first-order valence-corrected chi connectivity index (χ1v) is 11.7. The minimum absolute atomic E-state index is 0.0939. The number of hydrogen-bond donors (Lipinski definition) is 0. The predicted molar refractivity (Wildman–Crippen MR) is 133 cm³/mol. The molecule has 0 unspecified atom stereocenters. The molecule has 184 valence electrons. The topological polar surface area (TPSA) is 74.3 Å². The molecular formula is C28H31NO6. The van der Waals surface area contributed by atoms with E-state index >= 15 is 0 Å². The lowest BCUT2D eigenvalue weighted by molar-refractivity contribution is -0.0881. The molecule has 3 aromatic carbocycles. The molecule has 1 aliphatic rings. The zero-order valence-electron chi connectivity index (χ0n) is 20.6. The van der Waals surface area contributed by atoms with Gasteiger partial charge in [0, 0.05) is 13.0 Å². The molecule has 1 atom stereocenters. The van der Waals surface area contributed by atoms with Crippen molar-refractivity contribution < 1.29 is 28.5 Å². The molecule has 0 aliphatic carbocycles. The van der Waals surface area contributed by atoms with Crippen molar-refractivity contribution in [2.24, 2.45) is 0 Å². The van der Waals surface area contributed by atoms with Gasteiger partial charge in [-0.15, -0.1) is 0 Å². The first-order valence-electron chi connectivity index (χ1n) is 11.7. The summed E-state index contributed by atoms with van der Waals surface area (Å²) in [5.41, 5.74) is -1.26. The molecule has 3 aromatic rings. The summed E-state index contributed by atoms with van der Waals surface area (Å²) < 4.78 is 23.1. The summed E-state index contributed by atoms with van der Waals surface area (Å²) in [5, 5.41) is 2.15. The van der Waals surface area contributed by atoms with Gasteiger partial charge in [0.05, 0.1) is 12.7 Å². The smallest absolute Gasteiger partial charge is 0.413 e. The fraction of sp³-hybridized carbons (Fsp3) is 0.357. The maximum Gasteiger partial charge on any atom is 0.413 e. The van der Waals surface area contributed by atoms with Crippen molar-refractivity contribution in [1.82, 2.24) is 4.90 Å². The van der Waals surface area contributed by atoms with Crippen molar-refractivity contribution >= 4 is 22.8 Å². The van der Waals surface area contributed by atoms with Gasteiger partial charge < -0.3 is 18.9 Å². The van der Waals surface area contributed by atoms with Crippen LogP contribution in [0.1, 0.15) is 44.0 Å². The number of methoxy groups -OCH3 is 1. The lowest BCUT2D eigenvalue weighted by Gasteiger charge is -2.38. The minimum Gasteiger partial charge on any atom is -0.487 e. The summed E-state index contributed by atoms with van der Waals surface area (Å²) in [4.78, 5) is 26.5. The van der Waals surface area contributed by atoms with Gasteiger partial charge in [0.15, 0.2) is 0 Å². The van der Waals surface area contributed by atoms with Crippen LogP contribution in [0.5, 0.6) is 11.5 Å². The molecule has 1 aliphatic heterocycles. The highest BCUT2D eigenvalue weighted by molar-refractivity contribution is 5.89. The number of esters is 1. The van der Waals surface area contributed by atoms with Gasteiger partial charge in [-0.1, -0.05) is 30.3 Å². The summed E-state index contributed by atoms with van der Waals surface area (Å²) in [7, 11) is 1.34. The third kappa shape index (κ3) is 5.67. The van der Waals surface area contributed by atoms with Crippen LogP contribution in [0.3, 0.4) is 0 Å². The molecule has 0 radical (unpaired) electrons. The van der Waals surface area contributed by atoms with E-state index < -0.39 is 23.4 Å². The van der Waals surface area contributed by atoms with E-state index in [1.165, 1.54) is 7.11 Å². The van der Waals surface area contributed by atoms with Gasteiger partial charge in [-0.05, 0) is 74.4 Å². The highest BCUT2D eigenvalue weighted by Gasteiger charge is 2.48. The molecular weight excluding hydrogens is 446 g/mol.